The average molecular weight is 314 g/mol. The van der Waals surface area contributed by atoms with Crippen molar-refractivity contribution in [1.82, 2.24) is 25.5 Å². The number of nitrogens with zero attached hydrogens (tertiary/aromatic N) is 4. The van der Waals surface area contributed by atoms with E-state index in [1.54, 1.807) is 20.2 Å². The van der Waals surface area contributed by atoms with E-state index >= 15 is 0 Å². The molecule has 1 atom stereocenters. The molecule has 0 fully saturated rings. The highest BCUT2D eigenvalue weighted by Crippen LogP contribution is 2.27. The van der Waals surface area contributed by atoms with Crippen LogP contribution < -0.4 is 5.32 Å². The fourth-order valence-corrected chi connectivity index (χ4v) is 2.40. The third-order valence-electron chi connectivity index (χ3n) is 2.63. The normalized spacial score (nSPS) is 12.7. The number of aryl methyl sites for hydroxylation is 1. The molecule has 1 aromatic carbocycles. The van der Waals surface area contributed by atoms with Crippen molar-refractivity contribution < 1.29 is 4.39 Å². The summed E-state index contributed by atoms with van der Waals surface area (Å²) in [5.41, 5.74) is 0.576. The Morgan fingerprint density at radius 2 is 2.28 bits per heavy atom. The largest absolute Gasteiger partial charge is 0.312 e. The van der Waals surface area contributed by atoms with Crippen LogP contribution in [0, 0.1) is 5.82 Å². The van der Waals surface area contributed by atoms with Crippen molar-refractivity contribution in [3.63, 3.8) is 0 Å². The Kier molecular flexibility index (Phi) is 4.03. The van der Waals surface area contributed by atoms with E-state index in [1.807, 2.05) is 6.07 Å². The molecule has 1 N–H and O–H groups in total. The fourth-order valence-electron chi connectivity index (χ4n) is 1.78. The number of hydrogen-bond donors (Lipinski definition) is 1. The summed E-state index contributed by atoms with van der Waals surface area (Å²) in [4.78, 5) is 1.39. The van der Waals surface area contributed by atoms with Crippen molar-refractivity contribution >= 4 is 15.9 Å². The Morgan fingerprint density at radius 3 is 2.83 bits per heavy atom. The SMILES string of the molecule is CNC(Cc1nnn(C)n1)c1c(F)cccc1Br. The zero-order chi connectivity index (χ0) is 13.1. The lowest BCUT2D eigenvalue weighted by molar-refractivity contribution is 0.521. The first-order chi connectivity index (χ1) is 8.61. The highest BCUT2D eigenvalue weighted by molar-refractivity contribution is 9.10. The Balaban J connectivity index is 2.28. The van der Waals surface area contributed by atoms with E-state index in [0.717, 1.165) is 4.47 Å². The van der Waals surface area contributed by atoms with Gasteiger partial charge in [-0.2, -0.15) is 4.80 Å². The minimum absolute atomic E-state index is 0.204. The van der Waals surface area contributed by atoms with Gasteiger partial charge >= 0.3 is 0 Å². The first-order valence-electron chi connectivity index (χ1n) is 5.46. The molecule has 5 nitrogen and oxygen atoms in total. The minimum atomic E-state index is -0.257. The van der Waals surface area contributed by atoms with Crippen molar-refractivity contribution in [2.24, 2.45) is 7.05 Å². The molecule has 1 aromatic heterocycles. The van der Waals surface area contributed by atoms with E-state index in [0.29, 0.717) is 17.8 Å². The van der Waals surface area contributed by atoms with Crippen molar-refractivity contribution in [2.45, 2.75) is 12.5 Å². The summed E-state index contributed by atoms with van der Waals surface area (Å²) >= 11 is 3.37. The van der Waals surface area contributed by atoms with E-state index in [1.165, 1.54) is 10.9 Å². The highest BCUT2D eigenvalue weighted by atomic mass is 79.9. The van der Waals surface area contributed by atoms with Crippen LogP contribution in [0.4, 0.5) is 4.39 Å². The van der Waals surface area contributed by atoms with Gasteiger partial charge < -0.3 is 5.32 Å². The van der Waals surface area contributed by atoms with Crippen LogP contribution in [-0.4, -0.2) is 27.3 Å². The predicted octanol–water partition coefficient (Wildman–Crippen LogP) is 1.61. The zero-order valence-electron chi connectivity index (χ0n) is 10.1. The van der Waals surface area contributed by atoms with Gasteiger partial charge in [0.25, 0.3) is 0 Å². The van der Waals surface area contributed by atoms with E-state index in [9.17, 15) is 4.39 Å². The van der Waals surface area contributed by atoms with E-state index in [4.69, 9.17) is 0 Å². The zero-order valence-corrected chi connectivity index (χ0v) is 11.6. The Morgan fingerprint density at radius 1 is 1.50 bits per heavy atom. The molecule has 0 spiro atoms. The van der Waals surface area contributed by atoms with Crippen LogP contribution in [0.5, 0.6) is 0 Å². The topological polar surface area (TPSA) is 55.6 Å². The summed E-state index contributed by atoms with van der Waals surface area (Å²) in [6.07, 6.45) is 0.476. The lowest BCUT2D eigenvalue weighted by Crippen LogP contribution is -2.21. The number of likely N-dealkylation sites (N-methyl/N-ethyl adjacent to an activating group) is 1. The summed E-state index contributed by atoms with van der Waals surface area (Å²) in [6, 6.07) is 4.71. The van der Waals surface area contributed by atoms with Crippen molar-refractivity contribution in [2.75, 3.05) is 7.05 Å². The predicted molar refractivity (Wildman–Crippen MR) is 68.4 cm³/mol. The number of halogens is 2. The van der Waals surface area contributed by atoms with Gasteiger partial charge in [0.05, 0.1) is 7.05 Å². The summed E-state index contributed by atoms with van der Waals surface area (Å²) in [6.45, 7) is 0. The molecule has 0 bridgehead atoms. The number of nitrogens with one attached hydrogen (secondary N) is 1. The van der Waals surface area contributed by atoms with E-state index in [-0.39, 0.29) is 11.9 Å². The highest BCUT2D eigenvalue weighted by Gasteiger charge is 2.19. The maximum atomic E-state index is 13.9. The molecule has 2 rings (SSSR count). The van der Waals surface area contributed by atoms with Crippen LogP contribution in [0.25, 0.3) is 0 Å². The molecule has 1 unspecified atom stereocenters. The molecular formula is C11H13BrFN5. The van der Waals surface area contributed by atoms with Gasteiger partial charge in [0.15, 0.2) is 5.82 Å². The molecule has 1 heterocycles. The third-order valence-corrected chi connectivity index (χ3v) is 3.32. The number of benzene rings is 1. The fraction of sp³-hybridized carbons (Fsp3) is 0.364. The van der Waals surface area contributed by atoms with Gasteiger partial charge in [-0.3, -0.25) is 0 Å². The average Bonchev–Trinajstić information content (AvgIpc) is 2.73. The van der Waals surface area contributed by atoms with E-state index in [2.05, 4.69) is 36.7 Å². The second-order valence-electron chi connectivity index (χ2n) is 3.88. The molecule has 0 radical (unpaired) electrons. The first-order valence-corrected chi connectivity index (χ1v) is 6.25. The Hall–Kier alpha value is -1.34. The minimum Gasteiger partial charge on any atom is -0.312 e. The van der Waals surface area contributed by atoms with Crippen molar-refractivity contribution in [1.29, 1.82) is 0 Å². The smallest absolute Gasteiger partial charge is 0.176 e. The number of rotatable bonds is 4. The molecule has 2 aromatic rings. The molecule has 0 aliphatic heterocycles. The lowest BCUT2D eigenvalue weighted by Gasteiger charge is -2.17. The summed E-state index contributed by atoms with van der Waals surface area (Å²) in [5.74, 6) is 0.319. The quantitative estimate of drug-likeness (QED) is 0.932. The van der Waals surface area contributed by atoms with Crippen LogP contribution in [0.1, 0.15) is 17.4 Å². The molecular weight excluding hydrogens is 301 g/mol. The molecule has 0 aliphatic carbocycles. The summed E-state index contributed by atoms with van der Waals surface area (Å²) < 4.78 is 14.6. The van der Waals surface area contributed by atoms with Gasteiger partial charge in [-0.1, -0.05) is 22.0 Å². The van der Waals surface area contributed by atoms with Gasteiger partial charge in [0.2, 0.25) is 0 Å². The van der Waals surface area contributed by atoms with Crippen LogP contribution in [0.2, 0.25) is 0 Å². The first kappa shape index (κ1) is 13.1. The molecule has 0 amide bonds. The van der Waals surface area contributed by atoms with Crippen LogP contribution in [0.15, 0.2) is 22.7 Å². The number of tetrazole rings is 1. The summed E-state index contributed by atoms with van der Waals surface area (Å²) in [5, 5.41) is 14.8. The van der Waals surface area contributed by atoms with Gasteiger partial charge in [0, 0.05) is 22.5 Å². The molecule has 96 valence electrons. The van der Waals surface area contributed by atoms with Crippen molar-refractivity contribution in [3.05, 3.63) is 39.9 Å². The van der Waals surface area contributed by atoms with Gasteiger partial charge in [-0.25, -0.2) is 4.39 Å². The van der Waals surface area contributed by atoms with Gasteiger partial charge in [-0.15, -0.1) is 10.2 Å². The number of aromatic nitrogens is 4. The maximum Gasteiger partial charge on any atom is 0.176 e. The molecule has 0 saturated heterocycles. The van der Waals surface area contributed by atoms with Crippen LogP contribution >= 0.6 is 15.9 Å². The van der Waals surface area contributed by atoms with Crippen LogP contribution in [-0.2, 0) is 13.5 Å². The molecule has 0 aliphatic rings. The lowest BCUT2D eigenvalue weighted by atomic mass is 10.0. The second-order valence-corrected chi connectivity index (χ2v) is 4.73. The van der Waals surface area contributed by atoms with Gasteiger partial charge in [0.1, 0.15) is 5.82 Å². The number of hydrogen-bond acceptors (Lipinski definition) is 4. The molecule has 0 saturated carbocycles. The van der Waals surface area contributed by atoms with Crippen molar-refractivity contribution in [3.8, 4) is 0 Å². The van der Waals surface area contributed by atoms with Crippen LogP contribution in [0.3, 0.4) is 0 Å². The molecule has 18 heavy (non-hydrogen) atoms. The Labute approximate surface area is 113 Å². The maximum absolute atomic E-state index is 13.9. The van der Waals surface area contributed by atoms with Gasteiger partial charge in [-0.05, 0) is 24.4 Å². The standard InChI is InChI=1S/C11H13BrFN5/c1-14-9(6-10-15-17-18(2)16-10)11-7(12)4-3-5-8(11)13/h3-5,9,14H,6H2,1-2H3. The molecule has 7 heteroatoms. The Bertz CT molecular complexity index is 522. The third kappa shape index (κ3) is 2.73. The summed E-state index contributed by atoms with van der Waals surface area (Å²) in [7, 11) is 3.48. The van der Waals surface area contributed by atoms with E-state index < -0.39 is 0 Å². The monoisotopic (exact) mass is 313 g/mol. The second kappa shape index (κ2) is 5.53.